The molecule has 202 valence electrons. The van der Waals surface area contributed by atoms with Crippen LogP contribution >= 0.6 is 0 Å². The molecule has 10 nitrogen and oxygen atoms in total. The Kier molecular flexibility index (Phi) is 6.92. The molecule has 1 aliphatic rings. The number of rotatable bonds is 6. The van der Waals surface area contributed by atoms with Crippen LogP contribution in [0.5, 0.6) is 5.75 Å². The van der Waals surface area contributed by atoms with Crippen molar-refractivity contribution >= 4 is 27.0 Å². The zero-order valence-corrected chi connectivity index (χ0v) is 22.3. The molecule has 0 aliphatic carbocycles. The lowest BCUT2D eigenvalue weighted by molar-refractivity contribution is 0.330. The summed E-state index contributed by atoms with van der Waals surface area (Å²) in [7, 11) is -0.635. The van der Waals surface area contributed by atoms with Crippen LogP contribution in [0.15, 0.2) is 42.6 Å². The van der Waals surface area contributed by atoms with E-state index in [1.807, 2.05) is 35.2 Å². The van der Waals surface area contributed by atoms with E-state index in [0.29, 0.717) is 29.9 Å². The van der Waals surface area contributed by atoms with Gasteiger partial charge in [-0.2, -0.15) is 19.6 Å². The normalized spacial score (nSPS) is 16.4. The highest BCUT2D eigenvalue weighted by Crippen LogP contribution is 2.36. The zero-order valence-electron chi connectivity index (χ0n) is 21.5. The van der Waals surface area contributed by atoms with E-state index in [2.05, 4.69) is 10.1 Å². The van der Waals surface area contributed by atoms with E-state index in [9.17, 15) is 18.1 Å². The van der Waals surface area contributed by atoms with Gasteiger partial charge in [0.05, 0.1) is 24.3 Å². The number of sulfonamides is 1. The van der Waals surface area contributed by atoms with Gasteiger partial charge >= 0.3 is 0 Å². The number of hydrogen-bond donors (Lipinski definition) is 0. The first-order chi connectivity index (χ1) is 18.6. The van der Waals surface area contributed by atoms with E-state index in [1.54, 1.807) is 13.1 Å². The second-order valence-electron chi connectivity index (χ2n) is 9.28. The topological polar surface area (TPSA) is 117 Å². The molecule has 1 saturated heterocycles. The summed E-state index contributed by atoms with van der Waals surface area (Å²) in [6.45, 7) is 0.916. The maximum Gasteiger partial charge on any atom is 0.227 e. The van der Waals surface area contributed by atoms with Crippen molar-refractivity contribution in [1.82, 2.24) is 24.1 Å². The molecule has 0 unspecified atom stereocenters. The maximum absolute atomic E-state index is 15.2. The fraction of sp³-hybridized carbons (Fsp3) is 0.308. The summed E-state index contributed by atoms with van der Waals surface area (Å²) >= 11 is 0. The van der Waals surface area contributed by atoms with Crippen LogP contribution in [-0.4, -0.2) is 71.5 Å². The lowest BCUT2D eigenvalue weighted by Gasteiger charge is -2.40. The third-order valence-electron chi connectivity index (χ3n) is 6.79. The molecule has 2 aromatic heterocycles. The predicted octanol–water partition coefficient (Wildman–Crippen LogP) is 2.88. The van der Waals surface area contributed by atoms with Crippen LogP contribution in [0.1, 0.15) is 11.1 Å². The van der Waals surface area contributed by atoms with Gasteiger partial charge in [0, 0.05) is 44.5 Å². The number of nitriles is 1. The third-order valence-corrected chi connectivity index (χ3v) is 8.06. The van der Waals surface area contributed by atoms with Crippen LogP contribution in [0.3, 0.4) is 0 Å². The van der Waals surface area contributed by atoms with Crippen molar-refractivity contribution in [2.45, 2.75) is 12.5 Å². The first-order valence-corrected chi connectivity index (χ1v) is 13.9. The zero-order chi connectivity index (χ0) is 27.9. The number of nitrogens with zero attached hydrogens (tertiary/aromatic N) is 7. The molecule has 4 aromatic rings. The Morgan fingerprint density at radius 1 is 1.18 bits per heavy atom. The van der Waals surface area contributed by atoms with E-state index >= 15 is 4.39 Å². The third kappa shape index (κ3) is 4.88. The molecular weight excluding hydrogens is 528 g/mol. The molecule has 0 bridgehead atoms. The van der Waals surface area contributed by atoms with Crippen molar-refractivity contribution in [3.05, 3.63) is 65.4 Å². The van der Waals surface area contributed by atoms with Crippen molar-refractivity contribution < 1.29 is 21.9 Å². The van der Waals surface area contributed by atoms with Gasteiger partial charge in [-0.1, -0.05) is 30.3 Å². The Labute approximate surface area is 224 Å². The molecular formula is C26H25F2N7O3S. The lowest BCUT2D eigenvalue weighted by atomic mass is 10.0. The van der Waals surface area contributed by atoms with Gasteiger partial charge in [0.15, 0.2) is 23.0 Å². The monoisotopic (exact) mass is 553 g/mol. The lowest BCUT2D eigenvalue weighted by Crippen LogP contribution is -2.56. The fourth-order valence-corrected chi connectivity index (χ4v) is 5.72. The van der Waals surface area contributed by atoms with Crippen LogP contribution in [0.25, 0.3) is 22.3 Å². The number of aryl methyl sites for hydroxylation is 1. The standard InChI is InChI=1S/C26H25F2N7O3S/c1-33-25-20(23(32-33)19-12-17(13-29)21(27)24(38-2)22(19)28)14-30-26(31-25)35-10-9-34(39(3,36)37)15-18(35)11-16-7-5-4-6-8-16/h4-8,12,14,18H,9-11,15H2,1-3H3/t18-/m1/s1. The van der Waals surface area contributed by atoms with Crippen LogP contribution in [0.4, 0.5) is 14.7 Å². The second kappa shape index (κ2) is 10.2. The largest absolute Gasteiger partial charge is 0.491 e. The molecule has 39 heavy (non-hydrogen) atoms. The number of halogens is 2. The van der Waals surface area contributed by atoms with Gasteiger partial charge in [-0.15, -0.1) is 0 Å². The molecule has 3 heterocycles. The second-order valence-corrected chi connectivity index (χ2v) is 11.3. The molecule has 2 aromatic carbocycles. The van der Waals surface area contributed by atoms with Gasteiger partial charge in [0.25, 0.3) is 0 Å². The summed E-state index contributed by atoms with van der Waals surface area (Å²) in [5, 5.41) is 14.1. The Bertz CT molecular complexity index is 1700. The highest BCUT2D eigenvalue weighted by Gasteiger charge is 2.33. The molecule has 0 spiro atoms. The average Bonchev–Trinajstić information content (AvgIpc) is 3.24. The van der Waals surface area contributed by atoms with Gasteiger partial charge in [-0.05, 0) is 18.1 Å². The van der Waals surface area contributed by atoms with Gasteiger partial charge in [0.2, 0.25) is 16.0 Å². The van der Waals surface area contributed by atoms with E-state index in [4.69, 9.17) is 9.72 Å². The minimum absolute atomic E-state index is 0.115. The number of anilines is 1. The van der Waals surface area contributed by atoms with Crippen LogP contribution in [-0.2, 0) is 23.5 Å². The van der Waals surface area contributed by atoms with Gasteiger partial charge in [-0.25, -0.2) is 26.9 Å². The first-order valence-electron chi connectivity index (χ1n) is 12.0. The number of ether oxygens (including phenoxy) is 1. The number of benzene rings is 2. The Morgan fingerprint density at radius 3 is 2.59 bits per heavy atom. The van der Waals surface area contributed by atoms with E-state index in [0.717, 1.165) is 18.7 Å². The van der Waals surface area contributed by atoms with Crippen molar-refractivity contribution in [1.29, 1.82) is 5.26 Å². The number of aromatic nitrogens is 4. The maximum atomic E-state index is 15.2. The molecule has 1 atom stereocenters. The average molecular weight is 554 g/mol. The minimum atomic E-state index is -3.39. The molecule has 13 heteroatoms. The first kappa shape index (κ1) is 26.5. The van der Waals surface area contributed by atoms with E-state index in [-0.39, 0.29) is 36.0 Å². The summed E-state index contributed by atoms with van der Waals surface area (Å²) in [6, 6.07) is 12.3. The molecule has 5 rings (SSSR count). The Balaban J connectivity index is 1.57. The van der Waals surface area contributed by atoms with Crippen LogP contribution in [0.2, 0.25) is 0 Å². The summed E-state index contributed by atoms with van der Waals surface area (Å²) in [4.78, 5) is 11.2. The number of methoxy groups -OCH3 is 1. The highest BCUT2D eigenvalue weighted by molar-refractivity contribution is 7.88. The van der Waals surface area contributed by atoms with Crippen LogP contribution in [0, 0.1) is 23.0 Å². The smallest absolute Gasteiger partial charge is 0.227 e. The molecule has 0 radical (unpaired) electrons. The molecule has 0 saturated carbocycles. The van der Waals surface area contributed by atoms with Crippen LogP contribution < -0.4 is 9.64 Å². The SMILES string of the molecule is COc1c(F)c(C#N)cc(-c2nn(C)c3nc(N4CCN(S(C)(=O)=O)C[C@H]4Cc4ccccc4)ncc23)c1F. The molecule has 0 amide bonds. The predicted molar refractivity (Wildman–Crippen MR) is 141 cm³/mol. The van der Waals surface area contributed by atoms with Gasteiger partial charge in [0.1, 0.15) is 11.8 Å². The molecule has 0 N–H and O–H groups in total. The quantitative estimate of drug-likeness (QED) is 0.358. The van der Waals surface area contributed by atoms with Gasteiger partial charge < -0.3 is 9.64 Å². The van der Waals surface area contributed by atoms with Gasteiger partial charge in [-0.3, -0.25) is 0 Å². The van der Waals surface area contributed by atoms with E-state index in [1.165, 1.54) is 21.4 Å². The number of hydrogen-bond acceptors (Lipinski definition) is 8. The van der Waals surface area contributed by atoms with Crippen molar-refractivity contribution in [3.8, 4) is 23.1 Å². The fourth-order valence-electron chi connectivity index (χ4n) is 4.86. The highest BCUT2D eigenvalue weighted by atomic mass is 32.2. The van der Waals surface area contributed by atoms with Crippen molar-refractivity contribution in [3.63, 3.8) is 0 Å². The Hall–Kier alpha value is -4.15. The number of fused-ring (bicyclic) bond motifs is 1. The minimum Gasteiger partial charge on any atom is -0.491 e. The summed E-state index contributed by atoms with van der Waals surface area (Å²) in [5.74, 6) is -2.37. The summed E-state index contributed by atoms with van der Waals surface area (Å²) in [5.41, 5.74) is 1.07. The number of piperazine rings is 1. The summed E-state index contributed by atoms with van der Waals surface area (Å²) in [6.07, 6.45) is 3.27. The molecule has 1 aliphatic heterocycles. The van der Waals surface area contributed by atoms with Crippen molar-refractivity contribution in [2.75, 3.05) is 37.9 Å². The Morgan fingerprint density at radius 2 is 1.92 bits per heavy atom. The van der Waals surface area contributed by atoms with Crippen molar-refractivity contribution in [2.24, 2.45) is 7.05 Å². The summed E-state index contributed by atoms with van der Waals surface area (Å²) < 4.78 is 62.0. The molecule has 1 fully saturated rings. The van der Waals surface area contributed by atoms with E-state index < -0.39 is 27.4 Å².